The Bertz CT molecular complexity index is 239. The fourth-order valence-electron chi connectivity index (χ4n) is 2.10. The molecule has 1 aliphatic rings. The highest BCUT2D eigenvalue weighted by Gasteiger charge is 2.38. The Morgan fingerprint density at radius 2 is 2.25 bits per heavy atom. The number of allylic oxidation sites excluding steroid dienone is 1. The second kappa shape index (κ2) is 6.66. The van der Waals surface area contributed by atoms with E-state index in [9.17, 15) is 4.79 Å². The maximum atomic E-state index is 11.7. The molecule has 0 N–H and O–H groups in total. The van der Waals surface area contributed by atoms with Crippen molar-refractivity contribution in [3.05, 3.63) is 12.7 Å². The predicted molar refractivity (Wildman–Crippen MR) is 59.8 cm³/mol. The highest BCUT2D eigenvalue weighted by atomic mass is 16.7. The molecule has 4 nitrogen and oxygen atoms in total. The van der Waals surface area contributed by atoms with Crippen LogP contribution in [0.4, 0.5) is 0 Å². The Hall–Kier alpha value is -0.870. The zero-order chi connectivity index (χ0) is 12.0. The van der Waals surface area contributed by atoms with Crippen molar-refractivity contribution in [2.45, 2.75) is 25.9 Å². The van der Waals surface area contributed by atoms with Gasteiger partial charge in [-0.1, -0.05) is 6.08 Å². The minimum Gasteiger partial charge on any atom is -0.466 e. The Kier molecular flexibility index (Phi) is 5.49. The van der Waals surface area contributed by atoms with Gasteiger partial charge in [0.05, 0.1) is 18.6 Å². The van der Waals surface area contributed by atoms with Gasteiger partial charge in [-0.25, -0.2) is 0 Å². The second-order valence-electron chi connectivity index (χ2n) is 3.92. The van der Waals surface area contributed by atoms with Crippen LogP contribution in [0.1, 0.15) is 19.8 Å². The minimum atomic E-state index is -0.143. The first-order valence-corrected chi connectivity index (χ1v) is 5.62. The lowest BCUT2D eigenvalue weighted by Gasteiger charge is -2.13. The van der Waals surface area contributed by atoms with Crippen LogP contribution in [0.5, 0.6) is 0 Å². The molecule has 0 aliphatic heterocycles. The molecule has 1 saturated carbocycles. The molecule has 0 aromatic carbocycles. The van der Waals surface area contributed by atoms with Gasteiger partial charge in [-0.2, -0.15) is 0 Å². The first kappa shape index (κ1) is 13.2. The Labute approximate surface area is 96.6 Å². The largest absolute Gasteiger partial charge is 0.466 e. The normalized spacial score (nSPS) is 29.0. The monoisotopic (exact) mass is 228 g/mol. The fourth-order valence-corrected chi connectivity index (χ4v) is 2.10. The van der Waals surface area contributed by atoms with E-state index in [1.807, 2.05) is 13.0 Å². The molecule has 4 heteroatoms. The van der Waals surface area contributed by atoms with E-state index in [4.69, 9.17) is 14.2 Å². The first-order valence-electron chi connectivity index (χ1n) is 5.62. The summed E-state index contributed by atoms with van der Waals surface area (Å²) in [6.07, 6.45) is 3.39. The first-order chi connectivity index (χ1) is 7.72. The lowest BCUT2D eigenvalue weighted by molar-refractivity contribution is -0.149. The number of carbonyl (C=O) groups excluding carboxylic acids is 1. The van der Waals surface area contributed by atoms with Gasteiger partial charge in [-0.15, -0.1) is 6.58 Å². The predicted octanol–water partition coefficient (Wildman–Crippen LogP) is 1.75. The van der Waals surface area contributed by atoms with Gasteiger partial charge in [0.2, 0.25) is 0 Å². The van der Waals surface area contributed by atoms with Crippen LogP contribution in [0.25, 0.3) is 0 Å². The van der Waals surface area contributed by atoms with Gasteiger partial charge in [0.25, 0.3) is 0 Å². The molecule has 92 valence electrons. The van der Waals surface area contributed by atoms with E-state index in [2.05, 4.69) is 6.58 Å². The molecule has 0 amide bonds. The highest BCUT2D eigenvalue weighted by molar-refractivity contribution is 5.73. The molecule has 0 unspecified atom stereocenters. The number of hydrogen-bond donors (Lipinski definition) is 0. The quantitative estimate of drug-likeness (QED) is 0.395. The summed E-state index contributed by atoms with van der Waals surface area (Å²) in [5.41, 5.74) is 0. The lowest BCUT2D eigenvalue weighted by Crippen LogP contribution is -2.20. The molecule has 0 heterocycles. The van der Waals surface area contributed by atoms with Crippen molar-refractivity contribution < 1.29 is 19.0 Å². The summed E-state index contributed by atoms with van der Waals surface area (Å²) in [4.78, 5) is 11.7. The molecule has 0 bridgehead atoms. The Balaban J connectivity index is 2.50. The topological polar surface area (TPSA) is 44.8 Å². The summed E-state index contributed by atoms with van der Waals surface area (Å²) in [6.45, 7) is 6.26. The van der Waals surface area contributed by atoms with Gasteiger partial charge in [0.1, 0.15) is 6.79 Å². The molecular formula is C12H20O4. The van der Waals surface area contributed by atoms with Crippen molar-refractivity contribution in [2.24, 2.45) is 11.8 Å². The standard InChI is InChI=1S/C12H20O4/c1-4-9-6-10(16-8-14-3)7-11(9)12(13)15-5-2/h4,9-11H,1,5-8H2,2-3H3/t9-,10+,11-/m1/s1. The zero-order valence-corrected chi connectivity index (χ0v) is 9.98. The van der Waals surface area contributed by atoms with Crippen LogP contribution in [0.15, 0.2) is 12.7 Å². The number of methoxy groups -OCH3 is 1. The van der Waals surface area contributed by atoms with E-state index in [-0.39, 0.29) is 30.7 Å². The van der Waals surface area contributed by atoms with Crippen LogP contribution in [0.2, 0.25) is 0 Å². The number of ether oxygens (including phenoxy) is 3. The highest BCUT2D eigenvalue weighted by Crippen LogP contribution is 2.35. The van der Waals surface area contributed by atoms with E-state index < -0.39 is 0 Å². The third kappa shape index (κ3) is 3.32. The molecule has 1 rings (SSSR count). The summed E-state index contributed by atoms with van der Waals surface area (Å²) in [6, 6.07) is 0. The number of hydrogen-bond acceptors (Lipinski definition) is 4. The summed E-state index contributed by atoms with van der Waals surface area (Å²) in [5.74, 6) is -0.101. The summed E-state index contributed by atoms with van der Waals surface area (Å²) >= 11 is 0. The van der Waals surface area contributed by atoms with E-state index in [1.165, 1.54) is 0 Å². The second-order valence-corrected chi connectivity index (χ2v) is 3.92. The van der Waals surface area contributed by atoms with E-state index >= 15 is 0 Å². The molecule has 0 aromatic heterocycles. The van der Waals surface area contributed by atoms with Crippen LogP contribution in [-0.4, -0.2) is 32.6 Å². The van der Waals surface area contributed by atoms with Gasteiger partial charge in [-0.3, -0.25) is 4.79 Å². The average molecular weight is 228 g/mol. The molecule has 0 radical (unpaired) electrons. The van der Waals surface area contributed by atoms with Crippen molar-refractivity contribution in [2.75, 3.05) is 20.5 Å². The smallest absolute Gasteiger partial charge is 0.309 e. The van der Waals surface area contributed by atoms with Gasteiger partial charge in [0, 0.05) is 7.11 Å². The van der Waals surface area contributed by atoms with Gasteiger partial charge in [-0.05, 0) is 25.7 Å². The van der Waals surface area contributed by atoms with Gasteiger partial charge < -0.3 is 14.2 Å². The van der Waals surface area contributed by atoms with E-state index in [0.717, 1.165) is 6.42 Å². The molecule has 0 spiro atoms. The van der Waals surface area contributed by atoms with Crippen molar-refractivity contribution in [1.82, 2.24) is 0 Å². The maximum Gasteiger partial charge on any atom is 0.309 e. The van der Waals surface area contributed by atoms with E-state index in [0.29, 0.717) is 13.0 Å². The van der Waals surface area contributed by atoms with Crippen LogP contribution >= 0.6 is 0 Å². The van der Waals surface area contributed by atoms with Crippen LogP contribution in [-0.2, 0) is 19.0 Å². The number of rotatable bonds is 6. The molecule has 1 aliphatic carbocycles. The summed E-state index contributed by atoms with van der Waals surface area (Å²) in [7, 11) is 1.59. The zero-order valence-electron chi connectivity index (χ0n) is 9.98. The SMILES string of the molecule is C=C[C@@H]1C[C@H](OCOC)C[C@H]1C(=O)OCC. The van der Waals surface area contributed by atoms with Gasteiger partial charge >= 0.3 is 5.97 Å². The van der Waals surface area contributed by atoms with Crippen molar-refractivity contribution in [1.29, 1.82) is 0 Å². The molecular weight excluding hydrogens is 208 g/mol. The van der Waals surface area contributed by atoms with Crippen LogP contribution in [0.3, 0.4) is 0 Å². The third-order valence-electron chi connectivity index (χ3n) is 2.88. The lowest BCUT2D eigenvalue weighted by atomic mass is 9.97. The molecule has 3 atom stereocenters. The third-order valence-corrected chi connectivity index (χ3v) is 2.88. The molecule has 1 fully saturated rings. The van der Waals surface area contributed by atoms with Crippen molar-refractivity contribution >= 4 is 5.97 Å². The van der Waals surface area contributed by atoms with Crippen LogP contribution < -0.4 is 0 Å². The maximum absolute atomic E-state index is 11.7. The minimum absolute atomic E-state index is 0.0670. The Morgan fingerprint density at radius 3 is 2.81 bits per heavy atom. The average Bonchev–Trinajstić information content (AvgIpc) is 2.70. The molecule has 0 aromatic rings. The van der Waals surface area contributed by atoms with Crippen molar-refractivity contribution in [3.8, 4) is 0 Å². The number of esters is 1. The fraction of sp³-hybridized carbons (Fsp3) is 0.750. The van der Waals surface area contributed by atoms with Gasteiger partial charge in [0.15, 0.2) is 0 Å². The van der Waals surface area contributed by atoms with Crippen molar-refractivity contribution in [3.63, 3.8) is 0 Å². The van der Waals surface area contributed by atoms with E-state index in [1.54, 1.807) is 7.11 Å². The summed E-state index contributed by atoms with van der Waals surface area (Å²) < 4.78 is 15.4. The Morgan fingerprint density at radius 1 is 1.50 bits per heavy atom. The molecule has 0 saturated heterocycles. The van der Waals surface area contributed by atoms with Crippen LogP contribution in [0, 0.1) is 11.8 Å². The number of carbonyl (C=O) groups is 1. The summed E-state index contributed by atoms with van der Waals surface area (Å²) in [5, 5.41) is 0. The molecule has 16 heavy (non-hydrogen) atoms.